The molecule has 1 saturated heterocycles. The Morgan fingerprint density at radius 1 is 1.17 bits per heavy atom. The van der Waals surface area contributed by atoms with E-state index < -0.39 is 9.84 Å². The number of pyridine rings is 1. The topological polar surface area (TPSA) is 79.4 Å². The van der Waals surface area contributed by atoms with Crippen molar-refractivity contribution in [2.24, 2.45) is 0 Å². The summed E-state index contributed by atoms with van der Waals surface area (Å²) in [4.78, 5) is 19.5. The van der Waals surface area contributed by atoms with Gasteiger partial charge < -0.3 is 10.2 Å². The number of rotatable bonds is 3. The van der Waals surface area contributed by atoms with E-state index in [1.54, 1.807) is 30.2 Å². The molecule has 2 bridgehead atoms. The van der Waals surface area contributed by atoms with Crippen LogP contribution in [0.3, 0.4) is 0 Å². The predicted molar refractivity (Wildman–Crippen MR) is 113 cm³/mol. The zero-order valence-electron chi connectivity index (χ0n) is 16.8. The first-order valence-electron chi connectivity index (χ1n) is 10.4. The van der Waals surface area contributed by atoms with Crippen LogP contribution in [0.5, 0.6) is 0 Å². The Bertz CT molecular complexity index is 1130. The summed E-state index contributed by atoms with van der Waals surface area (Å²) in [6.07, 6.45) is 4.79. The molecular weight excluding hydrogens is 405 g/mol. The van der Waals surface area contributed by atoms with Crippen molar-refractivity contribution in [3.05, 3.63) is 52.5 Å². The van der Waals surface area contributed by atoms with Crippen LogP contribution in [0, 0.1) is 12.7 Å². The second-order valence-electron chi connectivity index (χ2n) is 8.59. The summed E-state index contributed by atoms with van der Waals surface area (Å²) in [6, 6.07) is 4.88. The van der Waals surface area contributed by atoms with Gasteiger partial charge in [0.15, 0.2) is 9.84 Å². The maximum absolute atomic E-state index is 13.6. The van der Waals surface area contributed by atoms with E-state index in [0.717, 1.165) is 41.9 Å². The van der Waals surface area contributed by atoms with Gasteiger partial charge >= 0.3 is 0 Å². The summed E-state index contributed by atoms with van der Waals surface area (Å²) in [5, 5.41) is 3.33. The van der Waals surface area contributed by atoms with E-state index >= 15 is 0 Å². The minimum atomic E-state index is -3.05. The zero-order chi connectivity index (χ0) is 21.0. The van der Waals surface area contributed by atoms with Crippen molar-refractivity contribution < 1.29 is 17.6 Å². The number of amides is 1. The van der Waals surface area contributed by atoms with Gasteiger partial charge in [-0.1, -0.05) is 0 Å². The van der Waals surface area contributed by atoms with Gasteiger partial charge in [0, 0.05) is 30.5 Å². The van der Waals surface area contributed by atoms with Gasteiger partial charge in [-0.3, -0.25) is 4.79 Å². The molecule has 1 aromatic carbocycles. The van der Waals surface area contributed by atoms with Crippen LogP contribution in [-0.4, -0.2) is 48.8 Å². The second-order valence-corrected chi connectivity index (χ2v) is 10.9. The van der Waals surface area contributed by atoms with Gasteiger partial charge in [0.05, 0.1) is 17.1 Å². The van der Waals surface area contributed by atoms with E-state index in [4.69, 9.17) is 0 Å². The van der Waals surface area contributed by atoms with E-state index in [2.05, 4.69) is 10.3 Å². The largest absolute Gasteiger partial charge is 0.340 e. The number of carbonyl (C=O) groups is 1. The maximum atomic E-state index is 13.6. The highest BCUT2D eigenvalue weighted by molar-refractivity contribution is 7.91. The van der Waals surface area contributed by atoms with Crippen LogP contribution < -0.4 is 5.32 Å². The number of anilines is 2. The van der Waals surface area contributed by atoms with Crippen LogP contribution in [0.1, 0.15) is 58.1 Å². The zero-order valence-corrected chi connectivity index (χ0v) is 17.6. The van der Waals surface area contributed by atoms with Crippen LogP contribution in [0.2, 0.25) is 0 Å². The number of aryl methyl sites for hydroxylation is 1. The highest BCUT2D eigenvalue weighted by atomic mass is 32.2. The molecule has 1 amide bonds. The van der Waals surface area contributed by atoms with E-state index in [1.807, 2.05) is 0 Å². The molecule has 1 saturated carbocycles. The molecule has 2 fully saturated rings. The number of nitrogens with one attached hydrogen (secondary N) is 1. The average Bonchev–Trinajstić information content (AvgIpc) is 3.33. The number of hydrogen-bond acceptors (Lipinski definition) is 5. The minimum absolute atomic E-state index is 0.0178. The van der Waals surface area contributed by atoms with E-state index in [0.29, 0.717) is 23.0 Å². The molecule has 1 aromatic heterocycles. The lowest BCUT2D eigenvalue weighted by atomic mass is 9.88. The number of halogens is 1. The maximum Gasteiger partial charge on any atom is 0.255 e. The molecule has 2 aliphatic carbocycles. The van der Waals surface area contributed by atoms with Gasteiger partial charge in [-0.15, -0.1) is 0 Å². The predicted octanol–water partition coefficient (Wildman–Crippen LogP) is 3.51. The molecule has 0 spiro atoms. The Labute approximate surface area is 175 Å². The van der Waals surface area contributed by atoms with E-state index in [-0.39, 0.29) is 36.3 Å². The molecule has 8 heteroatoms. The fourth-order valence-electron chi connectivity index (χ4n) is 5.11. The van der Waals surface area contributed by atoms with Gasteiger partial charge in [0.2, 0.25) is 0 Å². The molecule has 1 aliphatic heterocycles. The third kappa shape index (κ3) is 3.27. The Morgan fingerprint density at radius 3 is 2.57 bits per heavy atom. The van der Waals surface area contributed by atoms with Crippen molar-refractivity contribution in [1.29, 1.82) is 0 Å². The summed E-state index contributed by atoms with van der Waals surface area (Å²) < 4.78 is 37.1. The summed E-state index contributed by atoms with van der Waals surface area (Å²) in [5.74, 6) is 1.12. The molecule has 2 atom stereocenters. The summed E-state index contributed by atoms with van der Waals surface area (Å²) in [7, 11) is -3.05. The van der Waals surface area contributed by atoms with Crippen LogP contribution >= 0.6 is 0 Å². The fraction of sp³-hybridized carbons (Fsp3) is 0.455. The van der Waals surface area contributed by atoms with Crippen LogP contribution in [0.25, 0.3) is 0 Å². The number of hydrogen-bond donors (Lipinski definition) is 1. The van der Waals surface area contributed by atoms with Crippen molar-refractivity contribution in [1.82, 2.24) is 9.88 Å². The van der Waals surface area contributed by atoms with E-state index in [9.17, 15) is 17.6 Å². The lowest BCUT2D eigenvalue weighted by Crippen LogP contribution is -2.44. The molecule has 1 N–H and O–H groups in total. The van der Waals surface area contributed by atoms with Crippen molar-refractivity contribution in [2.45, 2.75) is 38.0 Å². The summed E-state index contributed by atoms with van der Waals surface area (Å²) >= 11 is 0. The van der Waals surface area contributed by atoms with Crippen LogP contribution in [-0.2, 0) is 9.84 Å². The molecule has 0 radical (unpaired) electrons. The first-order chi connectivity index (χ1) is 14.3. The Balaban J connectivity index is 1.49. The number of fused-ring (bicyclic) bond motifs is 5. The normalized spacial score (nSPS) is 24.0. The number of carbonyl (C=O) groups excluding carboxylic acids is 1. The quantitative estimate of drug-likeness (QED) is 0.808. The molecule has 2 aromatic rings. The molecule has 2 unspecified atom stereocenters. The smallest absolute Gasteiger partial charge is 0.255 e. The molecular formula is C22H24FN3O3S. The molecule has 6 nitrogen and oxygen atoms in total. The first-order valence-corrected chi connectivity index (χ1v) is 12.2. The first kappa shape index (κ1) is 19.5. The fourth-order valence-corrected chi connectivity index (χ4v) is 6.32. The van der Waals surface area contributed by atoms with Crippen molar-refractivity contribution in [2.75, 3.05) is 29.9 Å². The molecule has 3 aliphatic rings. The Hall–Kier alpha value is -2.48. The van der Waals surface area contributed by atoms with Crippen molar-refractivity contribution in [3.63, 3.8) is 0 Å². The highest BCUT2D eigenvalue weighted by Gasteiger charge is 2.42. The molecule has 5 rings (SSSR count). The third-order valence-electron chi connectivity index (χ3n) is 6.69. The lowest BCUT2D eigenvalue weighted by molar-refractivity contribution is 0.0768. The van der Waals surface area contributed by atoms with Gasteiger partial charge in [-0.25, -0.2) is 17.8 Å². The SMILES string of the molecule is Cc1cc(Nc2ncc(C(=O)N3CCS(=O)(=O)CC3)c3c2C2CCC3C2)ccc1F. The Kier molecular flexibility index (Phi) is 4.57. The van der Waals surface area contributed by atoms with Crippen molar-refractivity contribution in [3.8, 4) is 0 Å². The summed E-state index contributed by atoms with van der Waals surface area (Å²) in [6.45, 7) is 2.19. The Morgan fingerprint density at radius 2 is 1.87 bits per heavy atom. The second kappa shape index (κ2) is 7.04. The van der Waals surface area contributed by atoms with Gasteiger partial charge in [0.1, 0.15) is 11.6 Å². The third-order valence-corrected chi connectivity index (χ3v) is 8.30. The van der Waals surface area contributed by atoms with Gasteiger partial charge in [-0.05, 0) is 67.3 Å². The number of benzene rings is 1. The van der Waals surface area contributed by atoms with Crippen molar-refractivity contribution >= 4 is 27.2 Å². The number of nitrogens with zero attached hydrogens (tertiary/aromatic N) is 2. The van der Waals surface area contributed by atoms with Gasteiger partial charge in [0.25, 0.3) is 5.91 Å². The molecule has 2 heterocycles. The molecule has 158 valence electrons. The number of sulfone groups is 1. The van der Waals surface area contributed by atoms with Crippen LogP contribution in [0.4, 0.5) is 15.9 Å². The van der Waals surface area contributed by atoms with E-state index in [1.165, 1.54) is 6.07 Å². The molecule has 30 heavy (non-hydrogen) atoms. The monoisotopic (exact) mass is 429 g/mol. The summed E-state index contributed by atoms with van der Waals surface area (Å²) in [5.41, 5.74) is 4.11. The highest BCUT2D eigenvalue weighted by Crippen LogP contribution is 2.56. The number of aromatic nitrogens is 1. The standard InChI is InChI=1S/C22H24FN3O3S/c1-13-10-16(4-5-18(13)23)25-21-20-15-3-2-14(11-15)19(20)17(12-24-21)22(27)26-6-8-30(28,29)9-7-26/h4-5,10,12,14-15H,2-3,6-9,11H2,1H3,(H,24,25). The van der Waals surface area contributed by atoms with Crippen LogP contribution in [0.15, 0.2) is 24.4 Å². The average molecular weight is 430 g/mol. The minimum Gasteiger partial charge on any atom is -0.340 e. The lowest BCUT2D eigenvalue weighted by Gasteiger charge is -2.29. The van der Waals surface area contributed by atoms with Gasteiger partial charge in [-0.2, -0.15) is 0 Å².